The van der Waals surface area contributed by atoms with Gasteiger partial charge in [0.05, 0.1) is 29.6 Å². The summed E-state index contributed by atoms with van der Waals surface area (Å²) in [7, 11) is 0. The average molecular weight is 812 g/mol. The fourth-order valence-electron chi connectivity index (χ4n) is 9.05. The Morgan fingerprint density at radius 2 is 1.57 bits per heavy atom. The normalized spacial score (nSPS) is 22.1. The van der Waals surface area contributed by atoms with Gasteiger partial charge in [-0.1, -0.05) is 30.3 Å². The number of piperidine rings is 1. The Morgan fingerprint density at radius 3 is 2.30 bits per heavy atom. The molecule has 5 amide bonds. The zero-order chi connectivity index (χ0) is 41.1. The number of carbonyl (C=O) groups excluding carboxylic acids is 5. The fraction of sp³-hybridized carbons (Fsp3) is 0.349. The van der Waals surface area contributed by atoms with E-state index in [9.17, 15) is 24.0 Å². The third-order valence-electron chi connectivity index (χ3n) is 12.5. The molecule has 16 nitrogen and oxygen atoms in total. The van der Waals surface area contributed by atoms with Gasteiger partial charge in [0.2, 0.25) is 17.7 Å². The molecule has 1 aliphatic carbocycles. The van der Waals surface area contributed by atoms with E-state index in [0.29, 0.717) is 30.8 Å². The van der Waals surface area contributed by atoms with Crippen LogP contribution < -0.4 is 25.8 Å². The molecule has 3 saturated heterocycles. The second kappa shape index (κ2) is 15.1. The molecule has 0 radical (unpaired) electrons. The van der Waals surface area contributed by atoms with Crippen molar-refractivity contribution in [2.75, 3.05) is 54.4 Å². The van der Waals surface area contributed by atoms with Crippen LogP contribution in [0.1, 0.15) is 58.0 Å². The summed E-state index contributed by atoms with van der Waals surface area (Å²) in [6, 6.07) is 19.9. The molecule has 1 saturated carbocycles. The summed E-state index contributed by atoms with van der Waals surface area (Å²) < 4.78 is 17.5. The molecule has 0 spiro atoms. The van der Waals surface area contributed by atoms with E-state index in [1.165, 1.54) is 6.07 Å². The molecule has 3 N–H and O–H groups in total. The second-order valence-corrected chi connectivity index (χ2v) is 16.1. The summed E-state index contributed by atoms with van der Waals surface area (Å²) in [5, 5.41) is 8.74. The summed E-state index contributed by atoms with van der Waals surface area (Å²) in [5.41, 5.74) is 4.67. The molecule has 5 aliphatic rings. The summed E-state index contributed by atoms with van der Waals surface area (Å²) in [5.74, 6) is -2.47. The predicted molar refractivity (Wildman–Crippen MR) is 218 cm³/mol. The minimum atomic E-state index is -1.10. The quantitative estimate of drug-likeness (QED) is 0.176. The molecule has 2 aromatic heterocycles. The highest BCUT2D eigenvalue weighted by molar-refractivity contribution is 6.23. The van der Waals surface area contributed by atoms with Crippen LogP contribution in [-0.4, -0.2) is 116 Å². The van der Waals surface area contributed by atoms with Gasteiger partial charge in [-0.25, -0.2) is 19.3 Å². The van der Waals surface area contributed by atoms with E-state index < -0.39 is 35.5 Å². The van der Waals surface area contributed by atoms with Crippen LogP contribution in [0, 0.1) is 5.82 Å². The first-order chi connectivity index (χ1) is 29.2. The van der Waals surface area contributed by atoms with Crippen molar-refractivity contribution in [1.82, 2.24) is 40.0 Å². The number of piperazine rings is 1. The lowest BCUT2D eigenvalue weighted by atomic mass is 9.86. The number of fused-ring (bicyclic) bond motifs is 2. The SMILES string of the molecule is O=C1CC[C@H](N2C(=O)c3cc(F)c(N4CC(N5CCN(c6ccc(Nc7ncnc8c7ncn8C7CC(NC(=O)Cc8ccccc8)C7)cc6)CC5)C4)cc3C2=O)C(=O)N1. The van der Waals surface area contributed by atoms with E-state index >= 15 is 4.39 Å². The Morgan fingerprint density at radius 1 is 0.833 bits per heavy atom. The highest BCUT2D eigenvalue weighted by Gasteiger charge is 2.46. The van der Waals surface area contributed by atoms with E-state index in [1.54, 1.807) is 12.7 Å². The zero-order valence-corrected chi connectivity index (χ0v) is 32.6. The number of amides is 5. The Bertz CT molecular complexity index is 2530. The van der Waals surface area contributed by atoms with Crippen molar-refractivity contribution in [3.63, 3.8) is 0 Å². The number of benzene rings is 3. The van der Waals surface area contributed by atoms with Gasteiger partial charge < -0.3 is 25.0 Å². The van der Waals surface area contributed by atoms with Crippen molar-refractivity contribution in [2.24, 2.45) is 0 Å². The summed E-state index contributed by atoms with van der Waals surface area (Å²) >= 11 is 0. The van der Waals surface area contributed by atoms with Crippen LogP contribution in [0.25, 0.3) is 11.2 Å². The number of hydrogen-bond donors (Lipinski definition) is 3. The zero-order valence-electron chi connectivity index (χ0n) is 32.6. The first kappa shape index (κ1) is 37.5. The maximum atomic E-state index is 15.4. The van der Waals surface area contributed by atoms with Gasteiger partial charge in [0.25, 0.3) is 11.8 Å². The van der Waals surface area contributed by atoms with Crippen LogP contribution in [0.5, 0.6) is 0 Å². The molecule has 4 fully saturated rings. The van der Waals surface area contributed by atoms with Gasteiger partial charge >= 0.3 is 0 Å². The smallest absolute Gasteiger partial charge is 0.262 e. The number of rotatable bonds is 10. The Labute approximate surface area is 343 Å². The maximum Gasteiger partial charge on any atom is 0.262 e. The van der Waals surface area contributed by atoms with Crippen LogP contribution in [0.3, 0.4) is 0 Å². The molecule has 4 aliphatic heterocycles. The minimum absolute atomic E-state index is 0.0165. The monoisotopic (exact) mass is 811 g/mol. The predicted octanol–water partition coefficient (Wildman–Crippen LogP) is 3.18. The third-order valence-corrected chi connectivity index (χ3v) is 12.5. The standard InChI is InChI=1S/C43H42FN11O5/c44-33-19-31-32(43(60)55(42(31)59)34-10-11-36(56)50-41(34)58)20-35(33)53-21-30(22-53)52-14-12-51(13-15-52)28-8-6-26(7-9-28)49-39-38-40(46-23-45-39)54(24-47-38)29-17-27(18-29)48-37(57)16-25-4-2-1-3-5-25/h1-9,19-20,23-24,27,29-30,34H,10-18,21-22H2,(H,48,57)(H,45,46,49)(H,50,56,58)/t27?,29?,34-/m0/s1. The molecule has 10 rings (SSSR count). The van der Waals surface area contributed by atoms with Crippen molar-refractivity contribution < 1.29 is 28.4 Å². The lowest BCUT2D eigenvalue weighted by Gasteiger charge is -2.49. The minimum Gasteiger partial charge on any atom is -0.369 e. The Hall–Kier alpha value is -6.75. The highest BCUT2D eigenvalue weighted by Crippen LogP contribution is 2.37. The number of carbonyl (C=O) groups is 5. The maximum absolute atomic E-state index is 15.4. The molecule has 0 bridgehead atoms. The highest BCUT2D eigenvalue weighted by atomic mass is 19.1. The number of nitrogens with zero attached hydrogens (tertiary/aromatic N) is 8. The van der Waals surface area contributed by atoms with Gasteiger partial charge in [0.1, 0.15) is 18.2 Å². The van der Waals surface area contributed by atoms with Crippen molar-refractivity contribution >= 4 is 63.6 Å². The van der Waals surface area contributed by atoms with Gasteiger partial charge in [-0.3, -0.25) is 39.1 Å². The number of imidazole rings is 1. The Balaban J connectivity index is 0.706. The van der Waals surface area contributed by atoms with Crippen LogP contribution in [0.15, 0.2) is 79.4 Å². The van der Waals surface area contributed by atoms with Gasteiger partial charge in [-0.05, 0) is 61.2 Å². The van der Waals surface area contributed by atoms with E-state index in [1.807, 2.05) is 47.4 Å². The summed E-state index contributed by atoms with van der Waals surface area (Å²) in [6.07, 6.45) is 5.40. The van der Waals surface area contributed by atoms with Crippen molar-refractivity contribution in [1.29, 1.82) is 0 Å². The molecule has 1 atom stereocenters. The van der Waals surface area contributed by atoms with E-state index in [2.05, 4.69) is 57.4 Å². The van der Waals surface area contributed by atoms with E-state index in [4.69, 9.17) is 0 Å². The topological polar surface area (TPSA) is 178 Å². The van der Waals surface area contributed by atoms with Gasteiger partial charge in [-0.15, -0.1) is 0 Å². The van der Waals surface area contributed by atoms with Crippen LogP contribution in [0.2, 0.25) is 0 Å². The number of nitrogens with one attached hydrogen (secondary N) is 3. The number of aromatic nitrogens is 4. The van der Waals surface area contributed by atoms with Crippen molar-refractivity contribution in [3.05, 3.63) is 102 Å². The van der Waals surface area contributed by atoms with Crippen molar-refractivity contribution in [3.8, 4) is 0 Å². The van der Waals surface area contributed by atoms with Gasteiger partial charge in [0.15, 0.2) is 17.0 Å². The van der Waals surface area contributed by atoms with E-state index in [0.717, 1.165) is 72.6 Å². The number of halogens is 1. The molecule has 3 aromatic carbocycles. The van der Waals surface area contributed by atoms with Gasteiger partial charge in [-0.2, -0.15) is 0 Å². The molecule has 17 heteroatoms. The third kappa shape index (κ3) is 6.87. The number of imide groups is 2. The molecular formula is C43H42FN11O5. The first-order valence-electron chi connectivity index (χ1n) is 20.3. The largest absolute Gasteiger partial charge is 0.369 e. The van der Waals surface area contributed by atoms with Crippen LogP contribution >= 0.6 is 0 Å². The fourth-order valence-corrected chi connectivity index (χ4v) is 9.05. The first-order valence-corrected chi connectivity index (χ1v) is 20.3. The van der Waals surface area contributed by atoms with E-state index in [-0.39, 0.29) is 53.7 Å². The molecule has 6 heterocycles. The van der Waals surface area contributed by atoms with Crippen molar-refractivity contribution in [2.45, 2.75) is 56.3 Å². The second-order valence-electron chi connectivity index (χ2n) is 16.1. The molecular weight excluding hydrogens is 770 g/mol. The lowest BCUT2D eigenvalue weighted by molar-refractivity contribution is -0.136. The molecule has 60 heavy (non-hydrogen) atoms. The van der Waals surface area contributed by atoms with Crippen LogP contribution in [-0.2, 0) is 20.8 Å². The average Bonchev–Trinajstić information content (AvgIpc) is 3.74. The summed E-state index contributed by atoms with van der Waals surface area (Å²) in [6.45, 7) is 4.49. The lowest BCUT2D eigenvalue weighted by Crippen LogP contribution is -2.63. The Kier molecular flexibility index (Phi) is 9.46. The van der Waals surface area contributed by atoms with Crippen LogP contribution in [0.4, 0.5) is 27.3 Å². The number of hydrogen-bond acceptors (Lipinski definition) is 12. The summed E-state index contributed by atoms with van der Waals surface area (Å²) in [4.78, 5) is 84.1. The molecule has 306 valence electrons. The molecule has 5 aromatic rings. The molecule has 0 unspecified atom stereocenters. The van der Waals surface area contributed by atoms with Gasteiger partial charge in [0, 0.05) is 75.2 Å². The number of anilines is 4.